The molecule has 0 bridgehead atoms. The van der Waals surface area contributed by atoms with Crippen molar-refractivity contribution in [2.24, 2.45) is 10.2 Å². The molecule has 28 heavy (non-hydrogen) atoms. The van der Waals surface area contributed by atoms with Crippen molar-refractivity contribution in [2.45, 2.75) is 20.0 Å². The van der Waals surface area contributed by atoms with Crippen LogP contribution in [0.1, 0.15) is 18.9 Å². The van der Waals surface area contributed by atoms with E-state index in [0.717, 1.165) is 5.56 Å². The van der Waals surface area contributed by atoms with Crippen LogP contribution in [-0.2, 0) is 20.9 Å². The van der Waals surface area contributed by atoms with Crippen LogP contribution in [0.5, 0.6) is 0 Å². The Morgan fingerprint density at radius 2 is 1.64 bits per heavy atom. The number of esters is 1. The van der Waals surface area contributed by atoms with Crippen molar-refractivity contribution in [3.63, 3.8) is 0 Å². The van der Waals surface area contributed by atoms with E-state index < -0.39 is 12.0 Å². The number of nitrogens with zero attached hydrogens (tertiary/aromatic N) is 2. The van der Waals surface area contributed by atoms with Crippen LogP contribution in [0.15, 0.2) is 82.7 Å². The van der Waals surface area contributed by atoms with Crippen molar-refractivity contribution in [3.05, 3.63) is 78.0 Å². The predicted octanol–water partition coefficient (Wildman–Crippen LogP) is 4.72. The number of hydrogen-bond donors (Lipinski definition) is 1. The summed E-state index contributed by atoms with van der Waals surface area (Å²) in [6.45, 7) is 2.82. The summed E-state index contributed by atoms with van der Waals surface area (Å²) in [6.07, 6.45) is 1.77. The van der Waals surface area contributed by atoms with Gasteiger partial charge >= 0.3 is 12.0 Å². The fourth-order valence-electron chi connectivity index (χ4n) is 2.13. The summed E-state index contributed by atoms with van der Waals surface area (Å²) in [5, 5.41) is 9.76. The summed E-state index contributed by atoms with van der Waals surface area (Å²) in [6, 6.07) is 18.1. The summed E-state index contributed by atoms with van der Waals surface area (Å²) >= 11 is 0. The fraction of sp³-hybridized carbons (Fsp3) is 0.238. The molecule has 0 aliphatic carbocycles. The lowest BCUT2D eigenvalue weighted by Gasteiger charge is -2.05. The smallest absolute Gasteiger partial charge is 0.364 e. The normalized spacial score (nSPS) is 11.4. The first-order chi connectivity index (χ1) is 13.6. The maximum atomic E-state index is 11.7. The topological polar surface area (TPSA) is 89.3 Å². The SMILES string of the molecule is C/C(=C\C(=O)OCCCOCc1ccccc1)N=NC(=O)Nc1ccccc1. The first-order valence-corrected chi connectivity index (χ1v) is 8.88. The van der Waals surface area contributed by atoms with Gasteiger partial charge in [-0.3, -0.25) is 0 Å². The van der Waals surface area contributed by atoms with E-state index in [-0.39, 0.29) is 12.3 Å². The summed E-state index contributed by atoms with van der Waals surface area (Å²) in [7, 11) is 0. The molecule has 2 aromatic rings. The van der Waals surface area contributed by atoms with E-state index in [0.29, 0.717) is 25.3 Å². The van der Waals surface area contributed by atoms with E-state index in [1.165, 1.54) is 6.08 Å². The third kappa shape index (κ3) is 8.86. The third-order valence-electron chi connectivity index (χ3n) is 3.44. The van der Waals surface area contributed by atoms with Crippen molar-refractivity contribution in [2.75, 3.05) is 18.5 Å². The Labute approximate surface area is 164 Å². The fourth-order valence-corrected chi connectivity index (χ4v) is 2.13. The molecule has 7 nitrogen and oxygen atoms in total. The lowest BCUT2D eigenvalue weighted by Crippen LogP contribution is -2.06. The van der Waals surface area contributed by atoms with E-state index >= 15 is 0 Å². The van der Waals surface area contributed by atoms with Gasteiger partial charge in [0.1, 0.15) is 0 Å². The number of allylic oxidation sites excluding steroid dienone is 1. The number of hydrogen-bond acceptors (Lipinski definition) is 5. The second kappa shape index (κ2) is 12.1. The minimum Gasteiger partial charge on any atom is -0.462 e. The Bertz CT molecular complexity index is 805. The van der Waals surface area contributed by atoms with Crippen molar-refractivity contribution in [1.82, 2.24) is 0 Å². The van der Waals surface area contributed by atoms with Crippen LogP contribution in [0, 0.1) is 0 Å². The Balaban J connectivity index is 1.61. The molecular weight excluding hydrogens is 358 g/mol. The van der Waals surface area contributed by atoms with Gasteiger partial charge in [-0.2, -0.15) is 5.11 Å². The highest BCUT2D eigenvalue weighted by atomic mass is 16.5. The zero-order chi connectivity index (χ0) is 20.0. The van der Waals surface area contributed by atoms with Gasteiger partial charge in [-0.05, 0) is 24.6 Å². The Hall–Kier alpha value is -3.32. The molecule has 0 aromatic heterocycles. The second-order valence-electron chi connectivity index (χ2n) is 5.84. The summed E-state index contributed by atoms with van der Waals surface area (Å²) in [4.78, 5) is 23.4. The number of azo groups is 1. The first-order valence-electron chi connectivity index (χ1n) is 8.88. The Kier molecular flexibility index (Phi) is 9.10. The number of amides is 2. The van der Waals surface area contributed by atoms with Gasteiger partial charge in [0.25, 0.3) is 0 Å². The van der Waals surface area contributed by atoms with Gasteiger partial charge in [0.2, 0.25) is 0 Å². The van der Waals surface area contributed by atoms with Gasteiger partial charge in [-0.15, -0.1) is 0 Å². The average molecular weight is 381 g/mol. The molecule has 0 saturated carbocycles. The number of ether oxygens (including phenoxy) is 2. The summed E-state index contributed by atoms with van der Waals surface area (Å²) in [5.41, 5.74) is 1.98. The van der Waals surface area contributed by atoms with E-state index in [4.69, 9.17) is 9.47 Å². The first kappa shape index (κ1) is 21.0. The Morgan fingerprint density at radius 3 is 2.36 bits per heavy atom. The maximum absolute atomic E-state index is 11.7. The number of anilines is 1. The van der Waals surface area contributed by atoms with E-state index in [9.17, 15) is 9.59 Å². The average Bonchev–Trinajstić information content (AvgIpc) is 2.70. The highest BCUT2D eigenvalue weighted by molar-refractivity contribution is 5.89. The maximum Gasteiger partial charge on any atom is 0.364 e. The molecule has 0 fully saturated rings. The number of nitrogens with one attached hydrogen (secondary N) is 1. The molecule has 0 aliphatic heterocycles. The standard InChI is InChI=1S/C21H23N3O4/c1-17(23-24-21(26)22-19-11-6-3-7-12-19)15-20(25)28-14-8-13-27-16-18-9-4-2-5-10-18/h2-7,9-12,15H,8,13-14,16H2,1H3,(H,22,26)/b17-15+,24-23?. The lowest BCUT2D eigenvalue weighted by molar-refractivity contribution is -0.138. The number of benzene rings is 2. The highest BCUT2D eigenvalue weighted by Crippen LogP contribution is 2.06. The molecule has 2 amide bonds. The minimum atomic E-state index is -0.622. The van der Waals surface area contributed by atoms with Crippen molar-refractivity contribution < 1.29 is 19.1 Å². The quantitative estimate of drug-likeness (QED) is 0.294. The number of rotatable bonds is 9. The van der Waals surface area contributed by atoms with Gasteiger partial charge in [-0.1, -0.05) is 53.6 Å². The van der Waals surface area contributed by atoms with Crippen molar-refractivity contribution in [3.8, 4) is 0 Å². The van der Waals surface area contributed by atoms with Gasteiger partial charge in [0, 0.05) is 18.2 Å². The molecule has 0 radical (unpaired) electrons. The van der Waals surface area contributed by atoms with Gasteiger partial charge < -0.3 is 14.8 Å². The molecule has 0 saturated heterocycles. The molecule has 2 rings (SSSR count). The number of para-hydroxylation sites is 1. The molecular formula is C21H23N3O4. The van der Waals surface area contributed by atoms with E-state index in [2.05, 4.69) is 15.5 Å². The van der Waals surface area contributed by atoms with Gasteiger partial charge in [0.15, 0.2) is 0 Å². The molecule has 0 atom stereocenters. The molecule has 0 heterocycles. The molecule has 7 heteroatoms. The summed E-state index contributed by atoms with van der Waals surface area (Å²) in [5.74, 6) is -0.539. The van der Waals surface area contributed by atoms with Crippen molar-refractivity contribution in [1.29, 1.82) is 0 Å². The largest absolute Gasteiger partial charge is 0.462 e. The van der Waals surface area contributed by atoms with Crippen LogP contribution in [0.25, 0.3) is 0 Å². The molecule has 0 spiro atoms. The zero-order valence-corrected chi connectivity index (χ0v) is 15.7. The van der Waals surface area contributed by atoms with Crippen LogP contribution >= 0.6 is 0 Å². The van der Waals surface area contributed by atoms with Crippen LogP contribution in [-0.4, -0.2) is 25.2 Å². The predicted molar refractivity (Wildman–Crippen MR) is 106 cm³/mol. The van der Waals surface area contributed by atoms with Gasteiger partial charge in [-0.25, -0.2) is 9.59 Å². The number of carbonyl (C=O) groups is 2. The number of urea groups is 1. The zero-order valence-electron chi connectivity index (χ0n) is 15.7. The molecule has 1 N–H and O–H groups in total. The van der Waals surface area contributed by atoms with E-state index in [1.54, 1.807) is 31.2 Å². The number of carbonyl (C=O) groups excluding carboxylic acids is 2. The van der Waals surface area contributed by atoms with Crippen LogP contribution in [0.3, 0.4) is 0 Å². The molecule has 2 aromatic carbocycles. The molecule has 0 aliphatic rings. The minimum absolute atomic E-state index is 0.239. The monoisotopic (exact) mass is 381 g/mol. The van der Waals surface area contributed by atoms with Crippen molar-refractivity contribution >= 4 is 17.7 Å². The second-order valence-corrected chi connectivity index (χ2v) is 5.84. The lowest BCUT2D eigenvalue weighted by atomic mass is 10.2. The molecule has 146 valence electrons. The highest BCUT2D eigenvalue weighted by Gasteiger charge is 2.02. The van der Waals surface area contributed by atoms with Crippen LogP contribution < -0.4 is 5.32 Å². The van der Waals surface area contributed by atoms with E-state index in [1.807, 2.05) is 36.4 Å². The molecule has 0 unspecified atom stereocenters. The Morgan fingerprint density at radius 1 is 0.964 bits per heavy atom. The third-order valence-corrected chi connectivity index (χ3v) is 3.44. The van der Waals surface area contributed by atoms with Crippen LogP contribution in [0.2, 0.25) is 0 Å². The summed E-state index contributed by atoms with van der Waals surface area (Å²) < 4.78 is 10.6. The van der Waals surface area contributed by atoms with Crippen LogP contribution in [0.4, 0.5) is 10.5 Å². The van der Waals surface area contributed by atoms with Gasteiger partial charge in [0.05, 0.1) is 25.5 Å².